The minimum absolute atomic E-state index is 0.0908. The van der Waals surface area contributed by atoms with E-state index in [9.17, 15) is 0 Å². The number of furan rings is 1. The number of rotatable bonds is 3. The van der Waals surface area contributed by atoms with Crippen LogP contribution in [0.4, 0.5) is 0 Å². The molecule has 0 N–H and O–H groups in total. The molecule has 1 heterocycles. The summed E-state index contributed by atoms with van der Waals surface area (Å²) >= 11 is 0. The van der Waals surface area contributed by atoms with Gasteiger partial charge in [-0.2, -0.15) is 0 Å². The number of fused-ring (bicyclic) bond motifs is 14. The molecule has 316 valence electrons. The van der Waals surface area contributed by atoms with Gasteiger partial charge in [-0.1, -0.05) is 199 Å². The number of hydrogen-bond donors (Lipinski definition) is 0. The van der Waals surface area contributed by atoms with Crippen LogP contribution in [-0.4, -0.2) is 0 Å². The highest BCUT2D eigenvalue weighted by molar-refractivity contribution is 6.23. The van der Waals surface area contributed by atoms with Crippen molar-refractivity contribution in [2.75, 3.05) is 0 Å². The van der Waals surface area contributed by atoms with E-state index in [0.29, 0.717) is 0 Å². The number of benzene rings is 11. The number of hydrogen-bond acceptors (Lipinski definition) is 1. The van der Waals surface area contributed by atoms with Gasteiger partial charge in [0, 0.05) is 16.2 Å². The van der Waals surface area contributed by atoms with Crippen molar-refractivity contribution >= 4 is 75.8 Å². The van der Waals surface area contributed by atoms with Gasteiger partial charge in [0.15, 0.2) is 0 Å². The molecular weight excluding hydrogens is 797 g/mol. The van der Waals surface area contributed by atoms with Gasteiger partial charge in [0.25, 0.3) is 0 Å². The molecule has 11 aromatic carbocycles. The molecule has 66 heavy (non-hydrogen) atoms. The SMILES string of the molecule is CC(C)(C)C1(C(C)(C)C)c2cc3cc(-c4ccc(-c5c6ccccc6c(-c6ccc7oc8ccccc8c7c6)c6ccccc56)cc4)ccc3cc2-c2c1c1ccccc1c1ccccc21. The molecule has 13 rings (SSSR count). The zero-order chi connectivity index (χ0) is 44.7. The normalized spacial score (nSPS) is 13.7. The second kappa shape index (κ2) is 13.8. The van der Waals surface area contributed by atoms with E-state index in [1.807, 2.05) is 6.07 Å². The largest absolute Gasteiger partial charge is 0.456 e. The molecule has 0 aliphatic heterocycles. The highest BCUT2D eigenvalue weighted by Gasteiger charge is 2.58. The predicted molar refractivity (Wildman–Crippen MR) is 283 cm³/mol. The van der Waals surface area contributed by atoms with Gasteiger partial charge in [0.2, 0.25) is 0 Å². The summed E-state index contributed by atoms with van der Waals surface area (Å²) in [6, 6.07) is 72.5. The fourth-order valence-electron chi connectivity index (χ4n) is 13.1. The molecule has 0 saturated heterocycles. The Hall–Kier alpha value is -7.48. The zero-order valence-corrected chi connectivity index (χ0v) is 38.4. The minimum Gasteiger partial charge on any atom is -0.456 e. The molecule has 0 unspecified atom stereocenters. The predicted octanol–water partition coefficient (Wildman–Crippen LogP) is 18.7. The van der Waals surface area contributed by atoms with Gasteiger partial charge >= 0.3 is 0 Å². The summed E-state index contributed by atoms with van der Waals surface area (Å²) in [5, 5.41) is 15.2. The molecule has 0 atom stereocenters. The Kier molecular flexibility index (Phi) is 8.12. The van der Waals surface area contributed by atoms with E-state index >= 15 is 0 Å². The third kappa shape index (κ3) is 5.29. The van der Waals surface area contributed by atoms with Gasteiger partial charge in [-0.15, -0.1) is 0 Å². The van der Waals surface area contributed by atoms with Crippen LogP contribution in [0.2, 0.25) is 0 Å². The first kappa shape index (κ1) is 38.9. The fourth-order valence-corrected chi connectivity index (χ4v) is 13.1. The first-order valence-corrected chi connectivity index (χ1v) is 23.5. The maximum absolute atomic E-state index is 6.25. The van der Waals surface area contributed by atoms with E-state index in [0.717, 1.165) is 21.9 Å². The summed E-state index contributed by atoms with van der Waals surface area (Å²) in [6.07, 6.45) is 0. The van der Waals surface area contributed by atoms with Crippen molar-refractivity contribution in [3.05, 3.63) is 205 Å². The Morgan fingerprint density at radius 2 is 0.773 bits per heavy atom. The van der Waals surface area contributed by atoms with Crippen molar-refractivity contribution in [2.45, 2.75) is 47.0 Å². The van der Waals surface area contributed by atoms with E-state index in [1.54, 1.807) is 0 Å². The lowest BCUT2D eigenvalue weighted by atomic mass is 9.49. The van der Waals surface area contributed by atoms with Crippen molar-refractivity contribution in [3.8, 4) is 44.5 Å². The van der Waals surface area contributed by atoms with Gasteiger partial charge in [0.05, 0.1) is 0 Å². The fraction of sp³-hybridized carbons (Fsp3) is 0.138. The van der Waals surface area contributed by atoms with Crippen molar-refractivity contribution < 1.29 is 4.42 Å². The summed E-state index contributed by atoms with van der Waals surface area (Å²) in [6.45, 7) is 14.8. The van der Waals surface area contributed by atoms with Crippen molar-refractivity contribution in [3.63, 3.8) is 0 Å². The first-order valence-electron chi connectivity index (χ1n) is 23.5. The average molecular weight is 847 g/mol. The van der Waals surface area contributed by atoms with Gasteiger partial charge in [0.1, 0.15) is 11.2 Å². The Bertz CT molecular complexity index is 3920. The molecule has 0 saturated carbocycles. The van der Waals surface area contributed by atoms with Crippen LogP contribution in [0.15, 0.2) is 199 Å². The summed E-state index contributed by atoms with van der Waals surface area (Å²) < 4.78 is 6.25. The molecule has 1 heteroatoms. The van der Waals surface area contributed by atoms with Gasteiger partial charge in [-0.25, -0.2) is 0 Å². The Balaban J connectivity index is 0.963. The Morgan fingerprint density at radius 1 is 0.318 bits per heavy atom. The second-order valence-corrected chi connectivity index (χ2v) is 20.8. The maximum atomic E-state index is 6.25. The summed E-state index contributed by atoms with van der Waals surface area (Å²) in [5.74, 6) is 0. The van der Waals surface area contributed by atoms with Gasteiger partial charge in [-0.3, -0.25) is 0 Å². The molecule has 0 radical (unpaired) electrons. The average Bonchev–Trinajstić information content (AvgIpc) is 3.86. The lowest BCUT2D eigenvalue weighted by molar-refractivity contribution is 0.0965. The molecule has 0 spiro atoms. The molecule has 12 aromatic rings. The van der Waals surface area contributed by atoms with Crippen LogP contribution in [0.25, 0.3) is 120 Å². The maximum Gasteiger partial charge on any atom is 0.135 e. The second-order valence-electron chi connectivity index (χ2n) is 20.8. The smallest absolute Gasteiger partial charge is 0.135 e. The Labute approximate surface area is 386 Å². The van der Waals surface area contributed by atoms with Crippen LogP contribution in [0, 0.1) is 10.8 Å². The molecule has 0 amide bonds. The molecule has 1 aliphatic rings. The monoisotopic (exact) mass is 846 g/mol. The lowest BCUT2D eigenvalue weighted by Crippen LogP contribution is -2.50. The topological polar surface area (TPSA) is 13.1 Å². The van der Waals surface area contributed by atoms with Gasteiger partial charge < -0.3 is 4.42 Å². The van der Waals surface area contributed by atoms with Crippen molar-refractivity contribution in [1.29, 1.82) is 0 Å². The van der Waals surface area contributed by atoms with Crippen LogP contribution in [0.3, 0.4) is 0 Å². The van der Waals surface area contributed by atoms with E-state index in [1.165, 1.54) is 109 Å². The molecule has 0 fully saturated rings. The summed E-state index contributed by atoms with van der Waals surface area (Å²) in [7, 11) is 0. The standard InChI is InChI=1S/C65H50O/c1-63(2,3)65(64(4,5)6)56-38-44-35-41(31-32-42(44)36-55(56)61-48-20-9-7-17-45(48)46-18-8-14-25-53(46)62(61)65)39-27-29-40(30-28-39)59-49-21-10-12-23-51(49)60(52-24-13-11-22-50(52)59)43-33-34-58-54(37-43)47-19-15-16-26-57(47)66-58/h7-38H,1-6H3. The van der Waals surface area contributed by atoms with E-state index < -0.39 is 0 Å². The van der Waals surface area contributed by atoms with Crippen LogP contribution in [-0.2, 0) is 5.41 Å². The quantitative estimate of drug-likeness (QED) is 0.128. The Morgan fingerprint density at radius 3 is 1.38 bits per heavy atom. The van der Waals surface area contributed by atoms with Crippen molar-refractivity contribution in [2.24, 2.45) is 10.8 Å². The molecule has 0 bridgehead atoms. The third-order valence-electron chi connectivity index (χ3n) is 15.3. The molecule has 1 nitrogen and oxygen atoms in total. The van der Waals surface area contributed by atoms with Crippen LogP contribution in [0.5, 0.6) is 0 Å². The minimum atomic E-state index is -0.262. The van der Waals surface area contributed by atoms with E-state index in [4.69, 9.17) is 4.42 Å². The van der Waals surface area contributed by atoms with Crippen LogP contribution in [0.1, 0.15) is 52.7 Å². The molecule has 1 aromatic heterocycles. The highest BCUT2D eigenvalue weighted by atomic mass is 16.3. The number of para-hydroxylation sites is 1. The van der Waals surface area contributed by atoms with Gasteiger partial charge in [-0.05, 0) is 157 Å². The highest BCUT2D eigenvalue weighted by Crippen LogP contribution is 2.67. The van der Waals surface area contributed by atoms with Crippen LogP contribution < -0.4 is 0 Å². The third-order valence-corrected chi connectivity index (χ3v) is 15.3. The lowest BCUT2D eigenvalue weighted by Gasteiger charge is -2.53. The van der Waals surface area contributed by atoms with E-state index in [-0.39, 0.29) is 16.2 Å². The molecule has 1 aliphatic carbocycles. The summed E-state index contributed by atoms with van der Waals surface area (Å²) in [5.41, 5.74) is 14.5. The summed E-state index contributed by atoms with van der Waals surface area (Å²) in [4.78, 5) is 0. The van der Waals surface area contributed by atoms with E-state index in [2.05, 4.69) is 230 Å². The van der Waals surface area contributed by atoms with Crippen molar-refractivity contribution in [1.82, 2.24) is 0 Å². The zero-order valence-electron chi connectivity index (χ0n) is 38.4. The molecular formula is C65H50O. The van der Waals surface area contributed by atoms with Crippen LogP contribution >= 0.6 is 0 Å². The first-order chi connectivity index (χ1) is 32.0.